The SMILES string of the molecule is C(=C\c1ccc(N(c2ccccc2)c2ccc(-c3ccc(-c4ccc(N(c5ccccc5)c5ccc(/C=C/c6ccc(N(c7ccccc7)c7ccccc7)cc6)cc5)cc4)c4c3ccc3c5ccccc5ccc34)cc2)cc1)/c1ccc(N(c2ccccc2)c2ccccc2)cc1. The summed E-state index contributed by atoms with van der Waals surface area (Å²) in [6.07, 6.45) is 8.76. The van der Waals surface area contributed by atoms with E-state index in [1.165, 1.54) is 43.4 Å². The number of anilines is 12. The molecule has 0 spiro atoms. The van der Waals surface area contributed by atoms with Crippen LogP contribution in [0.15, 0.2) is 388 Å². The van der Waals surface area contributed by atoms with E-state index in [0.29, 0.717) is 0 Å². The Kier molecular flexibility index (Phi) is 16.8. The molecule has 0 aromatic heterocycles. The molecule has 0 amide bonds. The topological polar surface area (TPSA) is 13.0 Å². The van der Waals surface area contributed by atoms with Gasteiger partial charge in [-0.15, -0.1) is 0 Å². The van der Waals surface area contributed by atoms with Crippen molar-refractivity contribution >= 4 is 125 Å². The Hall–Kier alpha value is -13.0. The highest BCUT2D eigenvalue weighted by Crippen LogP contribution is 2.45. The van der Waals surface area contributed by atoms with Gasteiger partial charge in [0.05, 0.1) is 0 Å². The van der Waals surface area contributed by atoms with Crippen molar-refractivity contribution in [1.82, 2.24) is 0 Å². The summed E-state index contributed by atoms with van der Waals surface area (Å²) in [6, 6.07) is 140. The molecule has 0 saturated carbocycles. The molecule has 0 atom stereocenters. The van der Waals surface area contributed by atoms with E-state index in [1.54, 1.807) is 0 Å². The molecule has 16 rings (SSSR count). The molecule has 0 fully saturated rings. The summed E-state index contributed by atoms with van der Waals surface area (Å²) >= 11 is 0. The summed E-state index contributed by atoms with van der Waals surface area (Å²) in [6.45, 7) is 0. The number of rotatable bonds is 18. The lowest BCUT2D eigenvalue weighted by Crippen LogP contribution is -2.09. The summed E-state index contributed by atoms with van der Waals surface area (Å²) in [5, 5.41) is 7.39. The summed E-state index contributed by atoms with van der Waals surface area (Å²) in [5.41, 5.74) is 22.4. The molecule has 0 heterocycles. The lowest BCUT2D eigenvalue weighted by Gasteiger charge is -2.26. The maximum absolute atomic E-state index is 2.34. The largest absolute Gasteiger partial charge is 0.311 e. The van der Waals surface area contributed by atoms with Gasteiger partial charge in [0.15, 0.2) is 0 Å². The summed E-state index contributed by atoms with van der Waals surface area (Å²) in [5.74, 6) is 0. The zero-order valence-corrected chi connectivity index (χ0v) is 54.0. The van der Waals surface area contributed by atoms with Gasteiger partial charge in [-0.2, -0.15) is 0 Å². The number of benzene rings is 16. The van der Waals surface area contributed by atoms with Gasteiger partial charge >= 0.3 is 0 Å². The van der Waals surface area contributed by atoms with Gasteiger partial charge in [0.2, 0.25) is 0 Å². The van der Waals surface area contributed by atoms with Crippen molar-refractivity contribution in [2.75, 3.05) is 19.6 Å². The Morgan fingerprint density at radius 3 is 0.724 bits per heavy atom. The number of hydrogen-bond donors (Lipinski definition) is 0. The van der Waals surface area contributed by atoms with Crippen molar-refractivity contribution in [3.05, 3.63) is 411 Å². The number of fused-ring (bicyclic) bond motifs is 5. The van der Waals surface area contributed by atoms with E-state index in [0.717, 1.165) is 102 Å². The van der Waals surface area contributed by atoms with E-state index in [9.17, 15) is 0 Å². The van der Waals surface area contributed by atoms with Crippen LogP contribution in [0.1, 0.15) is 22.3 Å². The first-order valence-corrected chi connectivity index (χ1v) is 33.5. The van der Waals surface area contributed by atoms with Gasteiger partial charge in [-0.3, -0.25) is 0 Å². The second-order valence-corrected chi connectivity index (χ2v) is 24.5. The number of hydrogen-bond acceptors (Lipinski definition) is 4. The number of para-hydroxylation sites is 6. The molecule has 0 aliphatic rings. The van der Waals surface area contributed by atoms with E-state index in [-0.39, 0.29) is 0 Å². The van der Waals surface area contributed by atoms with Gasteiger partial charge in [-0.05, 0) is 222 Å². The summed E-state index contributed by atoms with van der Waals surface area (Å²) in [4.78, 5) is 9.25. The lowest BCUT2D eigenvalue weighted by atomic mass is 9.88. The second kappa shape index (κ2) is 27.5. The van der Waals surface area contributed by atoms with Crippen molar-refractivity contribution in [1.29, 1.82) is 0 Å². The minimum absolute atomic E-state index is 1.07. The van der Waals surface area contributed by atoms with Crippen LogP contribution in [0.25, 0.3) is 78.9 Å². The maximum Gasteiger partial charge on any atom is 0.0462 e. The molecule has 4 nitrogen and oxygen atoms in total. The van der Waals surface area contributed by atoms with Gasteiger partial charge in [0.25, 0.3) is 0 Å². The third-order valence-corrected chi connectivity index (χ3v) is 18.4. The van der Waals surface area contributed by atoms with Crippen molar-refractivity contribution in [2.24, 2.45) is 0 Å². The zero-order chi connectivity index (χ0) is 65.4. The van der Waals surface area contributed by atoms with Crippen LogP contribution >= 0.6 is 0 Å². The van der Waals surface area contributed by atoms with Crippen LogP contribution in [0.5, 0.6) is 0 Å². The molecule has 0 saturated heterocycles. The van der Waals surface area contributed by atoms with Crippen LogP contribution in [0.4, 0.5) is 68.2 Å². The van der Waals surface area contributed by atoms with Crippen LogP contribution in [0.2, 0.25) is 0 Å². The molecule has 98 heavy (non-hydrogen) atoms. The van der Waals surface area contributed by atoms with Gasteiger partial charge < -0.3 is 19.6 Å². The van der Waals surface area contributed by atoms with Crippen molar-refractivity contribution in [3.63, 3.8) is 0 Å². The Bertz CT molecular complexity index is 5340. The third-order valence-electron chi connectivity index (χ3n) is 18.4. The molecular formula is C94H68N4. The van der Waals surface area contributed by atoms with Gasteiger partial charge in [-0.25, -0.2) is 0 Å². The molecule has 0 bridgehead atoms. The molecule has 0 aliphatic carbocycles. The van der Waals surface area contributed by atoms with E-state index in [4.69, 9.17) is 0 Å². The maximum atomic E-state index is 2.34. The van der Waals surface area contributed by atoms with Crippen LogP contribution in [-0.4, -0.2) is 0 Å². The van der Waals surface area contributed by atoms with Crippen molar-refractivity contribution in [2.45, 2.75) is 0 Å². The zero-order valence-electron chi connectivity index (χ0n) is 54.0. The molecule has 0 N–H and O–H groups in total. The fourth-order valence-corrected chi connectivity index (χ4v) is 13.6. The van der Waals surface area contributed by atoms with E-state index in [1.807, 2.05) is 0 Å². The molecule has 16 aromatic carbocycles. The first-order chi connectivity index (χ1) is 48.6. The normalized spacial score (nSPS) is 11.4. The monoisotopic (exact) mass is 1250 g/mol. The second-order valence-electron chi connectivity index (χ2n) is 24.5. The Morgan fingerprint density at radius 2 is 0.398 bits per heavy atom. The molecule has 4 heteroatoms. The Morgan fingerprint density at radius 1 is 0.153 bits per heavy atom. The summed E-state index contributed by atoms with van der Waals surface area (Å²) < 4.78 is 0. The smallest absolute Gasteiger partial charge is 0.0462 e. The highest BCUT2D eigenvalue weighted by Gasteiger charge is 2.20. The summed E-state index contributed by atoms with van der Waals surface area (Å²) in [7, 11) is 0. The fraction of sp³-hybridized carbons (Fsp3) is 0. The minimum Gasteiger partial charge on any atom is -0.311 e. The standard InChI is InChI=1S/C94H68N4/c1-7-22-76(23-8-1)95(77-24-9-2-10-25-77)82-52-39-69(40-53-82)35-37-71-43-56-84(57-44-71)97(80-30-15-5-16-31-80)86-60-47-74(48-61-86)89-65-66-90(94-92(89)68-67-91-88-34-20-19-21-73(88)51-64-93(91)94)75-49-62-87(63-50-75)98(81-32-17-6-18-33-81)85-58-45-72(46-59-85)38-36-70-41-54-83(55-42-70)96(78-26-11-3-12-27-78)79-28-13-4-14-29-79/h1-68H/b37-35+,38-36+. The Balaban J connectivity index is 0.676. The molecule has 0 aliphatic heterocycles. The van der Waals surface area contributed by atoms with E-state index >= 15 is 0 Å². The molecule has 16 aromatic rings. The first-order valence-electron chi connectivity index (χ1n) is 33.5. The fourth-order valence-electron chi connectivity index (χ4n) is 13.6. The van der Waals surface area contributed by atoms with E-state index < -0.39 is 0 Å². The van der Waals surface area contributed by atoms with Crippen molar-refractivity contribution < 1.29 is 0 Å². The first kappa shape index (κ1) is 60.0. The highest BCUT2D eigenvalue weighted by atomic mass is 15.2. The lowest BCUT2D eigenvalue weighted by molar-refractivity contribution is 1.28. The molecule has 0 unspecified atom stereocenters. The van der Waals surface area contributed by atoms with Crippen LogP contribution in [-0.2, 0) is 0 Å². The average molecular weight is 1250 g/mol. The highest BCUT2D eigenvalue weighted by molar-refractivity contribution is 6.23. The van der Waals surface area contributed by atoms with Crippen LogP contribution < -0.4 is 19.6 Å². The van der Waals surface area contributed by atoms with Crippen LogP contribution in [0.3, 0.4) is 0 Å². The van der Waals surface area contributed by atoms with E-state index in [2.05, 4.69) is 432 Å². The van der Waals surface area contributed by atoms with Gasteiger partial charge in [-0.1, -0.05) is 267 Å². The van der Waals surface area contributed by atoms with Gasteiger partial charge in [0.1, 0.15) is 0 Å². The predicted octanol–water partition coefficient (Wildman–Crippen LogP) is 26.7. The average Bonchev–Trinajstić information content (AvgIpc) is 0.737. The van der Waals surface area contributed by atoms with Crippen molar-refractivity contribution in [3.8, 4) is 22.3 Å². The molecule has 0 radical (unpaired) electrons. The quantitative estimate of drug-likeness (QED) is 0.0627. The molecular weight excluding hydrogens is 1190 g/mol. The molecule has 464 valence electrons. The number of nitrogens with zero attached hydrogens (tertiary/aromatic N) is 4. The Labute approximate surface area is 573 Å². The van der Waals surface area contributed by atoms with Gasteiger partial charge in [0, 0.05) is 68.2 Å². The predicted molar refractivity (Wildman–Crippen MR) is 419 cm³/mol. The third kappa shape index (κ3) is 12.5. The minimum atomic E-state index is 1.07. The van der Waals surface area contributed by atoms with Crippen LogP contribution in [0, 0.1) is 0 Å².